The molecule has 0 atom stereocenters. The smallest absolute Gasteiger partial charge is 0.236 e. The number of likely N-dealkylation sites (N-methyl/N-ethyl adjacent to an activating group) is 2. The number of halogens is 1. The Morgan fingerprint density at radius 3 is 2.56 bits per heavy atom. The molecule has 0 saturated carbocycles. The molecule has 0 bridgehead atoms. The fourth-order valence-electron chi connectivity index (χ4n) is 1.02. The molecule has 0 saturated heterocycles. The van der Waals surface area contributed by atoms with E-state index in [2.05, 4.69) is 5.32 Å². The van der Waals surface area contributed by atoms with Crippen LogP contribution in [0.2, 0.25) is 0 Å². The summed E-state index contributed by atoms with van der Waals surface area (Å²) < 4.78 is 10.2. The van der Waals surface area contributed by atoms with Gasteiger partial charge in [-0.1, -0.05) is 0 Å². The van der Waals surface area contributed by atoms with E-state index in [0.717, 1.165) is 6.42 Å². The van der Waals surface area contributed by atoms with E-state index in [4.69, 9.17) is 9.47 Å². The highest BCUT2D eigenvalue weighted by molar-refractivity contribution is 5.85. The van der Waals surface area contributed by atoms with Gasteiger partial charge in [0, 0.05) is 33.9 Å². The SMILES string of the molecule is CNCC(=O)N(C)CCOCCCOC.Cl. The van der Waals surface area contributed by atoms with Crippen molar-refractivity contribution < 1.29 is 14.3 Å². The zero-order valence-corrected chi connectivity index (χ0v) is 11.1. The fourth-order valence-corrected chi connectivity index (χ4v) is 1.02. The molecule has 5 nitrogen and oxygen atoms in total. The number of nitrogens with zero attached hydrogens (tertiary/aromatic N) is 1. The zero-order chi connectivity index (χ0) is 11.5. The minimum Gasteiger partial charge on any atom is -0.385 e. The van der Waals surface area contributed by atoms with E-state index in [1.807, 2.05) is 0 Å². The maximum Gasteiger partial charge on any atom is 0.236 e. The number of rotatable bonds is 9. The highest BCUT2D eigenvalue weighted by atomic mass is 35.5. The summed E-state index contributed by atoms with van der Waals surface area (Å²) >= 11 is 0. The molecule has 0 aromatic carbocycles. The van der Waals surface area contributed by atoms with Crippen LogP contribution in [0.1, 0.15) is 6.42 Å². The molecule has 0 aliphatic carbocycles. The summed E-state index contributed by atoms with van der Waals surface area (Å²) in [5, 5.41) is 2.82. The second kappa shape index (κ2) is 12.7. The van der Waals surface area contributed by atoms with Crippen LogP contribution in [0.3, 0.4) is 0 Å². The van der Waals surface area contributed by atoms with Crippen molar-refractivity contribution in [3.8, 4) is 0 Å². The van der Waals surface area contributed by atoms with E-state index in [9.17, 15) is 4.79 Å². The van der Waals surface area contributed by atoms with Crippen molar-refractivity contribution in [1.29, 1.82) is 0 Å². The molecule has 0 aromatic rings. The fraction of sp³-hybridized carbons (Fsp3) is 0.900. The highest BCUT2D eigenvalue weighted by Gasteiger charge is 2.05. The van der Waals surface area contributed by atoms with Gasteiger partial charge in [0.25, 0.3) is 0 Å². The molecule has 0 unspecified atom stereocenters. The summed E-state index contributed by atoms with van der Waals surface area (Å²) in [6.07, 6.45) is 0.894. The number of nitrogens with one attached hydrogen (secondary N) is 1. The van der Waals surface area contributed by atoms with Gasteiger partial charge in [-0.25, -0.2) is 0 Å². The van der Waals surface area contributed by atoms with Crippen LogP contribution >= 0.6 is 12.4 Å². The first-order valence-electron chi connectivity index (χ1n) is 5.17. The Kier molecular flexibility index (Phi) is 14.3. The van der Waals surface area contributed by atoms with E-state index in [1.165, 1.54) is 0 Å². The minimum atomic E-state index is 0. The third-order valence-electron chi connectivity index (χ3n) is 1.96. The van der Waals surface area contributed by atoms with Gasteiger partial charge in [-0.05, 0) is 13.5 Å². The number of hydrogen-bond acceptors (Lipinski definition) is 4. The molecule has 0 rings (SSSR count). The van der Waals surface area contributed by atoms with Crippen LogP contribution in [-0.4, -0.2) is 64.9 Å². The van der Waals surface area contributed by atoms with Crippen molar-refractivity contribution in [3.63, 3.8) is 0 Å². The lowest BCUT2D eigenvalue weighted by Gasteiger charge is -2.16. The Hall–Kier alpha value is -0.360. The Morgan fingerprint density at radius 2 is 2.00 bits per heavy atom. The number of methoxy groups -OCH3 is 1. The summed E-state index contributed by atoms with van der Waals surface area (Å²) in [5.74, 6) is 0.0815. The van der Waals surface area contributed by atoms with Gasteiger partial charge in [-0.3, -0.25) is 4.79 Å². The number of carbonyl (C=O) groups excluding carboxylic acids is 1. The van der Waals surface area contributed by atoms with Crippen molar-refractivity contribution in [2.75, 3.05) is 54.1 Å². The highest BCUT2D eigenvalue weighted by Crippen LogP contribution is 1.87. The van der Waals surface area contributed by atoms with E-state index >= 15 is 0 Å². The lowest BCUT2D eigenvalue weighted by Crippen LogP contribution is -2.36. The van der Waals surface area contributed by atoms with Gasteiger partial charge in [-0.2, -0.15) is 0 Å². The summed E-state index contributed by atoms with van der Waals surface area (Å²) in [6.45, 7) is 2.99. The van der Waals surface area contributed by atoms with Crippen molar-refractivity contribution in [3.05, 3.63) is 0 Å². The maximum absolute atomic E-state index is 11.3. The number of hydrogen-bond donors (Lipinski definition) is 1. The van der Waals surface area contributed by atoms with Crippen LogP contribution in [-0.2, 0) is 14.3 Å². The zero-order valence-electron chi connectivity index (χ0n) is 10.3. The predicted octanol–water partition coefficient (Wildman–Crippen LogP) is 0.139. The molecule has 0 aliphatic rings. The van der Waals surface area contributed by atoms with Crippen LogP contribution in [0.5, 0.6) is 0 Å². The molecular weight excluding hydrogens is 232 g/mol. The topological polar surface area (TPSA) is 50.8 Å². The molecular formula is C10H23ClN2O3. The number of carbonyl (C=O) groups is 1. The lowest BCUT2D eigenvalue weighted by molar-refractivity contribution is -0.129. The Balaban J connectivity index is 0. The van der Waals surface area contributed by atoms with E-state index in [0.29, 0.717) is 32.9 Å². The van der Waals surface area contributed by atoms with Gasteiger partial charge in [0.05, 0.1) is 13.2 Å². The van der Waals surface area contributed by atoms with Crippen LogP contribution in [0.4, 0.5) is 0 Å². The van der Waals surface area contributed by atoms with Gasteiger partial charge in [0.2, 0.25) is 5.91 Å². The van der Waals surface area contributed by atoms with E-state index in [-0.39, 0.29) is 18.3 Å². The second-order valence-corrected chi connectivity index (χ2v) is 3.30. The first-order valence-corrected chi connectivity index (χ1v) is 5.17. The first kappa shape index (κ1) is 18.0. The van der Waals surface area contributed by atoms with E-state index in [1.54, 1.807) is 26.1 Å². The van der Waals surface area contributed by atoms with Crippen molar-refractivity contribution >= 4 is 18.3 Å². The molecule has 0 spiro atoms. The summed E-state index contributed by atoms with van der Waals surface area (Å²) in [4.78, 5) is 13.0. The number of amides is 1. The maximum atomic E-state index is 11.3. The largest absolute Gasteiger partial charge is 0.385 e. The standard InChI is InChI=1S/C10H22N2O3.ClH/c1-11-9-10(13)12(2)5-8-15-7-4-6-14-3;/h11H,4-9H2,1-3H3;1H. The van der Waals surface area contributed by atoms with Crippen LogP contribution in [0, 0.1) is 0 Å². The third kappa shape index (κ3) is 10.2. The lowest BCUT2D eigenvalue weighted by atomic mass is 10.4. The van der Waals surface area contributed by atoms with E-state index < -0.39 is 0 Å². The normalized spacial score (nSPS) is 9.69. The molecule has 16 heavy (non-hydrogen) atoms. The predicted molar refractivity (Wildman–Crippen MR) is 66.1 cm³/mol. The monoisotopic (exact) mass is 254 g/mol. The van der Waals surface area contributed by atoms with Gasteiger partial charge in [0.15, 0.2) is 0 Å². The van der Waals surface area contributed by atoms with Crippen molar-refractivity contribution in [1.82, 2.24) is 10.2 Å². The minimum absolute atomic E-state index is 0. The van der Waals surface area contributed by atoms with Crippen LogP contribution < -0.4 is 5.32 Å². The first-order chi connectivity index (χ1) is 7.22. The van der Waals surface area contributed by atoms with Gasteiger partial charge in [-0.15, -0.1) is 12.4 Å². The molecule has 0 heterocycles. The quantitative estimate of drug-likeness (QED) is 0.595. The Morgan fingerprint density at radius 1 is 1.31 bits per heavy atom. The molecule has 1 amide bonds. The van der Waals surface area contributed by atoms with Crippen molar-refractivity contribution in [2.24, 2.45) is 0 Å². The summed E-state index contributed by atoms with van der Waals surface area (Å²) in [7, 11) is 5.20. The number of ether oxygens (including phenoxy) is 2. The van der Waals surface area contributed by atoms with Crippen LogP contribution in [0.25, 0.3) is 0 Å². The van der Waals surface area contributed by atoms with Gasteiger partial charge < -0.3 is 19.7 Å². The Labute approximate surface area is 104 Å². The average molecular weight is 255 g/mol. The van der Waals surface area contributed by atoms with Gasteiger partial charge >= 0.3 is 0 Å². The van der Waals surface area contributed by atoms with Crippen LogP contribution in [0.15, 0.2) is 0 Å². The molecule has 6 heteroatoms. The molecule has 0 aliphatic heterocycles. The molecule has 0 radical (unpaired) electrons. The molecule has 0 fully saturated rings. The summed E-state index contributed by atoms with van der Waals surface area (Å²) in [5.41, 5.74) is 0. The molecule has 98 valence electrons. The molecule has 0 aromatic heterocycles. The summed E-state index contributed by atoms with van der Waals surface area (Å²) in [6, 6.07) is 0. The van der Waals surface area contributed by atoms with Gasteiger partial charge in [0.1, 0.15) is 0 Å². The third-order valence-corrected chi connectivity index (χ3v) is 1.96. The average Bonchev–Trinajstić information content (AvgIpc) is 2.23. The van der Waals surface area contributed by atoms with Crippen molar-refractivity contribution in [2.45, 2.75) is 6.42 Å². The molecule has 1 N–H and O–H groups in total. The Bertz CT molecular complexity index is 170. The second-order valence-electron chi connectivity index (χ2n) is 3.30.